The average molecular weight is 1010 g/mol. The minimum atomic E-state index is -0.814. The van der Waals surface area contributed by atoms with Crippen LogP contribution in [-0.2, 0) is 28.6 Å². The number of esters is 3. The van der Waals surface area contributed by atoms with Crippen LogP contribution in [0.4, 0.5) is 0 Å². The molecule has 0 aliphatic heterocycles. The lowest BCUT2D eigenvalue weighted by molar-refractivity contribution is -0.167. The standard InChI is InChI=1S/C67H110O6/c1-4-7-10-13-16-19-22-25-28-31-33-36-39-42-45-48-51-54-57-60-66(69)72-63-64(62-71-65(68)59-56-53-50-47-44-41-38-35-30-27-24-21-18-15-12-9-6-3)73-67(70)61-58-55-52-49-46-43-40-37-34-32-29-26-23-20-17-14-11-8-5-2/h7,9-10,12,16,18-19,21,25,27-28,30,32-34,36,38,41,47,50,64H,4-6,8,11,13-15,17,20,22-24,26,29,31,35,37,39-40,42-46,48-49,51-63H2,1-3H3/b10-7-,12-9-,19-16-,21-18-,28-25-,30-27-,34-32-,36-33-,41-38-,50-47-. The largest absolute Gasteiger partial charge is 0.462 e. The zero-order valence-electron chi connectivity index (χ0n) is 47.4. The first-order valence-corrected chi connectivity index (χ1v) is 30.0. The first kappa shape index (κ1) is 68.8. The maximum absolute atomic E-state index is 12.9. The van der Waals surface area contributed by atoms with E-state index in [9.17, 15) is 14.4 Å². The smallest absolute Gasteiger partial charge is 0.306 e. The van der Waals surface area contributed by atoms with Gasteiger partial charge < -0.3 is 14.2 Å². The van der Waals surface area contributed by atoms with Crippen molar-refractivity contribution in [3.63, 3.8) is 0 Å². The number of ether oxygens (including phenoxy) is 3. The van der Waals surface area contributed by atoms with Crippen molar-refractivity contribution in [2.75, 3.05) is 13.2 Å². The van der Waals surface area contributed by atoms with Crippen molar-refractivity contribution in [1.29, 1.82) is 0 Å². The van der Waals surface area contributed by atoms with Crippen LogP contribution in [0.3, 0.4) is 0 Å². The molecule has 0 aliphatic carbocycles. The molecule has 6 heteroatoms. The molecule has 0 aromatic carbocycles. The van der Waals surface area contributed by atoms with Gasteiger partial charge in [0, 0.05) is 19.3 Å². The van der Waals surface area contributed by atoms with Crippen LogP contribution in [0.2, 0.25) is 0 Å². The van der Waals surface area contributed by atoms with Crippen molar-refractivity contribution in [1.82, 2.24) is 0 Å². The van der Waals surface area contributed by atoms with Gasteiger partial charge in [-0.2, -0.15) is 0 Å². The Labute approximate surface area is 450 Å². The van der Waals surface area contributed by atoms with Crippen molar-refractivity contribution in [3.8, 4) is 0 Å². The molecule has 0 bridgehead atoms. The van der Waals surface area contributed by atoms with Crippen molar-refractivity contribution in [2.45, 2.75) is 271 Å². The third-order valence-electron chi connectivity index (χ3n) is 12.4. The summed E-state index contributed by atoms with van der Waals surface area (Å²) in [6.45, 7) is 6.36. The second kappa shape index (κ2) is 60.4. The predicted molar refractivity (Wildman–Crippen MR) is 316 cm³/mol. The predicted octanol–water partition coefficient (Wildman–Crippen LogP) is 20.4. The fourth-order valence-electron chi connectivity index (χ4n) is 7.99. The van der Waals surface area contributed by atoms with Gasteiger partial charge in [-0.05, 0) is 122 Å². The van der Waals surface area contributed by atoms with E-state index in [0.717, 1.165) is 116 Å². The molecule has 6 nitrogen and oxygen atoms in total. The lowest BCUT2D eigenvalue weighted by atomic mass is 10.1. The van der Waals surface area contributed by atoms with Crippen molar-refractivity contribution < 1.29 is 28.6 Å². The summed E-state index contributed by atoms with van der Waals surface area (Å²) >= 11 is 0. The molecule has 1 unspecified atom stereocenters. The van der Waals surface area contributed by atoms with E-state index in [-0.39, 0.29) is 37.5 Å². The zero-order valence-corrected chi connectivity index (χ0v) is 47.4. The third-order valence-corrected chi connectivity index (χ3v) is 12.4. The molecule has 0 saturated heterocycles. The topological polar surface area (TPSA) is 78.9 Å². The molecule has 0 saturated carbocycles. The second-order valence-electron chi connectivity index (χ2n) is 19.5. The van der Waals surface area contributed by atoms with Gasteiger partial charge in [-0.25, -0.2) is 0 Å². The summed E-state index contributed by atoms with van der Waals surface area (Å²) < 4.78 is 16.8. The molecule has 0 heterocycles. The summed E-state index contributed by atoms with van der Waals surface area (Å²) in [6.07, 6.45) is 83.4. The number of carbonyl (C=O) groups excluding carboxylic acids is 3. The Morgan fingerprint density at radius 3 is 0.904 bits per heavy atom. The molecule has 0 N–H and O–H groups in total. The van der Waals surface area contributed by atoms with Gasteiger partial charge in [-0.1, -0.05) is 245 Å². The van der Waals surface area contributed by atoms with Crippen molar-refractivity contribution >= 4 is 17.9 Å². The van der Waals surface area contributed by atoms with E-state index in [1.807, 2.05) is 0 Å². The van der Waals surface area contributed by atoms with E-state index >= 15 is 0 Å². The number of carbonyl (C=O) groups is 3. The van der Waals surface area contributed by atoms with E-state index < -0.39 is 6.10 Å². The van der Waals surface area contributed by atoms with E-state index in [0.29, 0.717) is 19.3 Å². The fraction of sp³-hybridized carbons (Fsp3) is 0.657. The number of unbranched alkanes of at least 4 members (excludes halogenated alkanes) is 22. The Hall–Kier alpha value is -4.19. The van der Waals surface area contributed by atoms with E-state index in [4.69, 9.17) is 14.2 Å². The molecule has 0 rings (SSSR count). The molecule has 0 amide bonds. The van der Waals surface area contributed by atoms with E-state index in [2.05, 4.69) is 142 Å². The van der Waals surface area contributed by atoms with Gasteiger partial charge in [0.05, 0.1) is 0 Å². The van der Waals surface area contributed by atoms with Gasteiger partial charge in [0.25, 0.3) is 0 Å². The highest BCUT2D eigenvalue weighted by Crippen LogP contribution is 2.14. The number of hydrogen-bond acceptors (Lipinski definition) is 6. The normalized spacial score (nSPS) is 13.0. The molecular formula is C67H110O6. The summed E-state index contributed by atoms with van der Waals surface area (Å²) in [4.78, 5) is 38.2. The highest BCUT2D eigenvalue weighted by molar-refractivity contribution is 5.71. The quantitative estimate of drug-likeness (QED) is 0.0261. The molecule has 1 atom stereocenters. The monoisotopic (exact) mass is 1010 g/mol. The van der Waals surface area contributed by atoms with E-state index in [1.54, 1.807) is 0 Å². The minimum absolute atomic E-state index is 0.108. The van der Waals surface area contributed by atoms with Crippen molar-refractivity contribution in [3.05, 3.63) is 122 Å². The second-order valence-corrected chi connectivity index (χ2v) is 19.5. The highest BCUT2D eigenvalue weighted by atomic mass is 16.6. The number of rotatable bonds is 53. The van der Waals surface area contributed by atoms with Crippen LogP contribution in [0.15, 0.2) is 122 Å². The van der Waals surface area contributed by atoms with Gasteiger partial charge in [-0.15, -0.1) is 0 Å². The molecule has 0 aliphatic rings. The fourth-order valence-corrected chi connectivity index (χ4v) is 7.99. The summed E-state index contributed by atoms with van der Waals surface area (Å²) in [5.41, 5.74) is 0. The molecule has 0 aromatic rings. The SMILES string of the molecule is CC/C=C\C/C=C\C/C=C\C/C=C\C/C=C\CCCC(=O)OCC(COC(=O)CCCCCCCC/C=C\C/C=C\C/C=C\C/C=C\CC)OC(=O)CCCCCCCCC/C=C\CCCCCCCCCC. The van der Waals surface area contributed by atoms with Crippen LogP contribution in [0.5, 0.6) is 0 Å². The van der Waals surface area contributed by atoms with Gasteiger partial charge in [0.15, 0.2) is 6.10 Å². The van der Waals surface area contributed by atoms with Crippen LogP contribution >= 0.6 is 0 Å². The Morgan fingerprint density at radius 1 is 0.288 bits per heavy atom. The highest BCUT2D eigenvalue weighted by Gasteiger charge is 2.19. The van der Waals surface area contributed by atoms with E-state index in [1.165, 1.54) is 103 Å². The van der Waals surface area contributed by atoms with Gasteiger partial charge >= 0.3 is 17.9 Å². The van der Waals surface area contributed by atoms with Crippen LogP contribution in [0.1, 0.15) is 265 Å². The van der Waals surface area contributed by atoms with Crippen LogP contribution in [0, 0.1) is 0 Å². The molecule has 414 valence electrons. The van der Waals surface area contributed by atoms with Crippen LogP contribution in [-0.4, -0.2) is 37.2 Å². The summed E-state index contributed by atoms with van der Waals surface area (Å²) in [5.74, 6) is -0.983. The Kier molecular flexibility index (Phi) is 56.9. The Balaban J connectivity index is 4.51. The maximum atomic E-state index is 12.9. The number of hydrogen-bond donors (Lipinski definition) is 0. The molecule has 0 aromatic heterocycles. The summed E-state index contributed by atoms with van der Waals surface area (Å²) in [6, 6.07) is 0. The maximum Gasteiger partial charge on any atom is 0.306 e. The lowest BCUT2D eigenvalue weighted by Crippen LogP contribution is -2.30. The average Bonchev–Trinajstić information content (AvgIpc) is 3.39. The molecule has 73 heavy (non-hydrogen) atoms. The molecular weight excluding hydrogens is 901 g/mol. The number of allylic oxidation sites excluding steroid dienone is 20. The van der Waals surface area contributed by atoms with Crippen LogP contribution in [0.25, 0.3) is 0 Å². The minimum Gasteiger partial charge on any atom is -0.462 e. The Morgan fingerprint density at radius 2 is 0.548 bits per heavy atom. The lowest BCUT2D eigenvalue weighted by Gasteiger charge is -2.18. The van der Waals surface area contributed by atoms with Gasteiger partial charge in [0.2, 0.25) is 0 Å². The molecule has 0 fully saturated rings. The first-order chi connectivity index (χ1) is 36.0. The van der Waals surface area contributed by atoms with Gasteiger partial charge in [0.1, 0.15) is 13.2 Å². The van der Waals surface area contributed by atoms with Crippen LogP contribution < -0.4 is 0 Å². The first-order valence-electron chi connectivity index (χ1n) is 30.0. The summed E-state index contributed by atoms with van der Waals surface area (Å²) in [5, 5.41) is 0. The molecule has 0 spiro atoms. The van der Waals surface area contributed by atoms with Gasteiger partial charge in [-0.3, -0.25) is 14.4 Å². The summed E-state index contributed by atoms with van der Waals surface area (Å²) in [7, 11) is 0. The zero-order chi connectivity index (χ0) is 52.9. The third kappa shape index (κ3) is 58.6. The Bertz CT molecular complexity index is 1540. The molecule has 0 radical (unpaired) electrons. The van der Waals surface area contributed by atoms with Crippen molar-refractivity contribution in [2.24, 2.45) is 0 Å².